The number of imide groups is 1. The number of amides is 2. The lowest BCUT2D eigenvalue weighted by Crippen LogP contribution is -2.27. The minimum atomic E-state index is -0.631. The fourth-order valence-corrected chi connectivity index (χ4v) is 4.38. The van der Waals surface area contributed by atoms with E-state index in [0.717, 1.165) is 20.2 Å². The lowest BCUT2D eigenvalue weighted by molar-refractivity contribution is -0.123. The second-order valence-electron chi connectivity index (χ2n) is 6.73. The first-order valence-electron chi connectivity index (χ1n) is 9.20. The van der Waals surface area contributed by atoms with Crippen molar-refractivity contribution in [3.8, 4) is 11.5 Å². The molecule has 2 aromatic rings. The van der Waals surface area contributed by atoms with Gasteiger partial charge < -0.3 is 18.6 Å². The number of methoxy groups -OCH3 is 2. The molecule has 10 heteroatoms. The predicted molar refractivity (Wildman–Crippen MR) is 123 cm³/mol. The van der Waals surface area contributed by atoms with E-state index in [1.54, 1.807) is 19.3 Å². The van der Waals surface area contributed by atoms with Gasteiger partial charge in [-0.3, -0.25) is 14.5 Å². The quantitative estimate of drug-likeness (QED) is 0.275. The van der Waals surface area contributed by atoms with Gasteiger partial charge in [-0.25, -0.2) is 4.79 Å². The molecule has 0 spiro atoms. The maximum atomic E-state index is 12.8. The predicted octanol–water partition coefficient (Wildman–Crippen LogP) is 4.70. The summed E-state index contributed by atoms with van der Waals surface area (Å²) in [5, 5.41) is -0.423. The van der Waals surface area contributed by atoms with Crippen LogP contribution in [0.5, 0.6) is 11.5 Å². The molecular weight excluding hydrogens is 537 g/mol. The molecule has 0 aliphatic carbocycles. The number of hydrogen-bond acceptors (Lipinski definition) is 8. The molecule has 0 unspecified atom stereocenters. The van der Waals surface area contributed by atoms with Crippen LogP contribution in [-0.2, 0) is 16.1 Å². The molecule has 1 fully saturated rings. The molecule has 164 valence electrons. The monoisotopic (exact) mass is 557 g/mol. The fourth-order valence-electron chi connectivity index (χ4n) is 2.79. The minimum absolute atomic E-state index is 0.00499. The molecule has 31 heavy (non-hydrogen) atoms. The molecule has 0 N–H and O–H groups in total. The van der Waals surface area contributed by atoms with Gasteiger partial charge in [0.05, 0.1) is 35.3 Å². The van der Waals surface area contributed by atoms with Gasteiger partial charge >= 0.3 is 5.97 Å². The largest absolute Gasteiger partial charge is 0.493 e. The lowest BCUT2D eigenvalue weighted by atomic mass is 10.1. The minimum Gasteiger partial charge on any atom is -0.493 e. The van der Waals surface area contributed by atoms with Crippen molar-refractivity contribution >= 4 is 57.5 Å². The van der Waals surface area contributed by atoms with Crippen molar-refractivity contribution in [1.29, 1.82) is 0 Å². The average molecular weight is 557 g/mol. The van der Waals surface area contributed by atoms with E-state index in [-0.39, 0.29) is 23.3 Å². The number of benzene rings is 1. The van der Waals surface area contributed by atoms with E-state index in [4.69, 9.17) is 13.9 Å². The van der Waals surface area contributed by atoms with Gasteiger partial charge in [0, 0.05) is 0 Å². The Morgan fingerprint density at radius 3 is 2.65 bits per heavy atom. The van der Waals surface area contributed by atoms with Crippen LogP contribution in [0.4, 0.5) is 4.79 Å². The molecule has 1 aliphatic heterocycles. The van der Waals surface area contributed by atoms with E-state index in [0.29, 0.717) is 22.8 Å². The number of ether oxygens (including phenoxy) is 3. The Hall–Kier alpha value is -2.47. The molecule has 3 rings (SSSR count). The van der Waals surface area contributed by atoms with E-state index >= 15 is 0 Å². The summed E-state index contributed by atoms with van der Waals surface area (Å²) in [7, 11) is 2.78. The molecule has 2 amide bonds. The Morgan fingerprint density at radius 2 is 2.00 bits per heavy atom. The van der Waals surface area contributed by atoms with Crippen molar-refractivity contribution in [2.45, 2.75) is 26.5 Å². The van der Waals surface area contributed by atoms with Gasteiger partial charge in [-0.2, -0.15) is 0 Å². The van der Waals surface area contributed by atoms with Crippen LogP contribution < -0.4 is 9.47 Å². The summed E-state index contributed by atoms with van der Waals surface area (Å²) in [6.07, 6.45) is 1.61. The maximum absolute atomic E-state index is 12.8. The van der Waals surface area contributed by atoms with Gasteiger partial charge in [0.2, 0.25) is 5.76 Å². The third kappa shape index (κ3) is 5.24. The Morgan fingerprint density at radius 1 is 1.26 bits per heavy atom. The second-order valence-corrected chi connectivity index (χ2v) is 8.88. The molecule has 1 aromatic carbocycles. The molecule has 1 saturated heterocycles. The van der Waals surface area contributed by atoms with Gasteiger partial charge in [-0.1, -0.05) is 0 Å². The maximum Gasteiger partial charge on any atom is 0.373 e. The highest BCUT2D eigenvalue weighted by Gasteiger charge is 2.36. The van der Waals surface area contributed by atoms with Crippen LogP contribution >= 0.6 is 34.4 Å². The van der Waals surface area contributed by atoms with E-state index in [9.17, 15) is 14.4 Å². The Balaban J connectivity index is 1.82. The third-order valence-electron chi connectivity index (χ3n) is 4.14. The second kappa shape index (κ2) is 9.77. The fraction of sp³-hybridized carbons (Fsp3) is 0.286. The zero-order chi connectivity index (χ0) is 22.7. The van der Waals surface area contributed by atoms with Gasteiger partial charge in [0.1, 0.15) is 5.76 Å². The molecule has 1 aromatic heterocycles. The van der Waals surface area contributed by atoms with E-state index in [1.807, 2.05) is 19.9 Å². The smallest absolute Gasteiger partial charge is 0.373 e. The molecule has 0 atom stereocenters. The Bertz CT molecular complexity index is 1060. The van der Waals surface area contributed by atoms with Crippen LogP contribution in [0.3, 0.4) is 0 Å². The number of rotatable bonds is 7. The first-order valence-corrected chi connectivity index (χ1v) is 11.1. The summed E-state index contributed by atoms with van der Waals surface area (Å²) in [4.78, 5) is 38.1. The number of furan rings is 1. The molecular formula is C21H20INO7S. The van der Waals surface area contributed by atoms with Crippen LogP contribution in [-0.4, -0.2) is 42.3 Å². The Kier molecular flexibility index (Phi) is 7.31. The first kappa shape index (κ1) is 23.2. The number of thioether (sulfide) groups is 1. The summed E-state index contributed by atoms with van der Waals surface area (Å²) in [6, 6.07) is 6.57. The molecule has 0 bridgehead atoms. The number of esters is 1. The van der Waals surface area contributed by atoms with Crippen molar-refractivity contribution < 1.29 is 33.0 Å². The third-order valence-corrected chi connectivity index (χ3v) is 5.85. The van der Waals surface area contributed by atoms with Crippen molar-refractivity contribution in [2.75, 3.05) is 14.2 Å². The van der Waals surface area contributed by atoms with E-state index in [2.05, 4.69) is 27.3 Å². The van der Waals surface area contributed by atoms with Crippen LogP contribution in [0, 0.1) is 3.57 Å². The number of carbonyl (C=O) groups is 3. The average Bonchev–Trinajstić information content (AvgIpc) is 3.29. The van der Waals surface area contributed by atoms with Gasteiger partial charge in [-0.15, -0.1) is 0 Å². The molecule has 2 heterocycles. The lowest BCUT2D eigenvalue weighted by Gasteiger charge is -2.16. The van der Waals surface area contributed by atoms with Crippen molar-refractivity contribution in [1.82, 2.24) is 4.90 Å². The van der Waals surface area contributed by atoms with Crippen molar-refractivity contribution in [3.63, 3.8) is 0 Å². The molecule has 1 aliphatic rings. The molecule has 0 saturated carbocycles. The summed E-state index contributed by atoms with van der Waals surface area (Å²) in [5.41, 5.74) is 0.703. The molecule has 8 nitrogen and oxygen atoms in total. The molecule has 0 radical (unpaired) electrons. The zero-order valence-corrected chi connectivity index (χ0v) is 20.2. The Labute approximate surface area is 197 Å². The van der Waals surface area contributed by atoms with Gasteiger partial charge in [-0.05, 0) is 84.1 Å². The van der Waals surface area contributed by atoms with Crippen molar-refractivity contribution in [3.05, 3.63) is 49.8 Å². The number of carbonyl (C=O) groups excluding carboxylic acids is 3. The van der Waals surface area contributed by atoms with Gasteiger partial charge in [0.25, 0.3) is 11.1 Å². The first-order chi connectivity index (χ1) is 14.7. The zero-order valence-electron chi connectivity index (χ0n) is 17.3. The van der Waals surface area contributed by atoms with Crippen molar-refractivity contribution in [2.24, 2.45) is 0 Å². The number of nitrogens with zero attached hydrogens (tertiary/aromatic N) is 1. The normalized spacial score (nSPS) is 15.2. The van der Waals surface area contributed by atoms with E-state index < -0.39 is 17.1 Å². The number of halogens is 1. The van der Waals surface area contributed by atoms with Crippen LogP contribution in [0.2, 0.25) is 0 Å². The standard InChI is InChI=1S/C21H20INO7S/c1-11(2)29-18-14(22)7-12(8-16(18)27-3)9-17-19(24)23(21(26)31-17)10-13-5-6-15(30-13)20(25)28-4/h5-9,11H,10H2,1-4H3/b17-9+. The summed E-state index contributed by atoms with van der Waals surface area (Å²) in [5.74, 6) is 0.400. The van der Waals surface area contributed by atoms with Crippen LogP contribution in [0.25, 0.3) is 6.08 Å². The number of hydrogen-bond donors (Lipinski definition) is 0. The van der Waals surface area contributed by atoms with Crippen LogP contribution in [0.15, 0.2) is 33.6 Å². The highest BCUT2D eigenvalue weighted by atomic mass is 127. The highest BCUT2D eigenvalue weighted by Crippen LogP contribution is 2.38. The topological polar surface area (TPSA) is 95.3 Å². The summed E-state index contributed by atoms with van der Waals surface area (Å²) < 4.78 is 22.0. The summed E-state index contributed by atoms with van der Waals surface area (Å²) in [6.45, 7) is 3.76. The van der Waals surface area contributed by atoms with E-state index in [1.165, 1.54) is 19.2 Å². The highest BCUT2D eigenvalue weighted by molar-refractivity contribution is 14.1. The summed E-state index contributed by atoms with van der Waals surface area (Å²) >= 11 is 2.98. The SMILES string of the molecule is COC(=O)c1ccc(CN2C(=O)S/C(=C/c3cc(I)c(OC(C)C)c(OC)c3)C2=O)o1. The van der Waals surface area contributed by atoms with Gasteiger partial charge in [0.15, 0.2) is 11.5 Å². The van der Waals surface area contributed by atoms with Crippen LogP contribution in [0.1, 0.15) is 35.7 Å².